The molecule has 0 bridgehead atoms. The first-order valence-corrected chi connectivity index (χ1v) is 8.59. The van der Waals surface area contributed by atoms with Gasteiger partial charge in [-0.3, -0.25) is 19.2 Å². The average Bonchev–Trinajstić information content (AvgIpc) is 2.57. The molecule has 0 aliphatic carbocycles. The van der Waals surface area contributed by atoms with E-state index in [0.717, 1.165) is 20.8 Å². The molecule has 0 aromatic rings. The second-order valence-electron chi connectivity index (χ2n) is 5.92. The molecule has 0 amide bonds. The third-order valence-electron chi connectivity index (χ3n) is 3.57. The van der Waals surface area contributed by atoms with Crippen LogP contribution in [0, 0.1) is 0 Å². The van der Waals surface area contributed by atoms with Crippen molar-refractivity contribution in [1.29, 1.82) is 0 Å². The maximum Gasteiger partial charge on any atom is 0.303 e. The van der Waals surface area contributed by atoms with E-state index in [1.54, 1.807) is 0 Å². The number of ether oxygens (including phenoxy) is 5. The molecule has 0 saturated carbocycles. The Morgan fingerprint density at radius 1 is 0.857 bits per heavy atom. The highest BCUT2D eigenvalue weighted by Crippen LogP contribution is 2.31. The first kappa shape index (κ1) is 23.6. The van der Waals surface area contributed by atoms with Gasteiger partial charge in [0.05, 0.1) is 0 Å². The molecule has 0 unspecified atom stereocenters. The van der Waals surface area contributed by atoms with Gasteiger partial charge < -0.3 is 28.9 Å². The lowest BCUT2D eigenvalue weighted by molar-refractivity contribution is -0.251. The summed E-state index contributed by atoms with van der Waals surface area (Å²) in [7, 11) is 0. The van der Waals surface area contributed by atoms with Crippen LogP contribution in [0.1, 0.15) is 34.1 Å². The van der Waals surface area contributed by atoms with Crippen molar-refractivity contribution in [3.05, 3.63) is 0 Å². The zero-order valence-electron chi connectivity index (χ0n) is 15.7. The van der Waals surface area contributed by atoms with E-state index in [-0.39, 0.29) is 18.2 Å². The van der Waals surface area contributed by atoms with Crippen LogP contribution in [0.3, 0.4) is 0 Å². The molecule has 0 aromatic heterocycles. The highest BCUT2D eigenvalue weighted by molar-refractivity contribution is 6.65. The van der Waals surface area contributed by atoms with Crippen LogP contribution in [0.15, 0.2) is 5.16 Å². The topological polar surface area (TPSA) is 147 Å². The quantitative estimate of drug-likeness (QED) is 0.202. The standard InChI is InChI=1S/C16H22ClNO10/c1-7(19)24-6-12-15(26-9(3)21)16(27-10(4)22)14(25-8(2)20)11(28-12)5-13(17)18-23/h11-12,14-16,23H,5-6H2,1-4H3/b18-13-/t11-,12-,14+,15-,16-/m1/s1. The van der Waals surface area contributed by atoms with E-state index in [0.29, 0.717) is 0 Å². The molecule has 1 rings (SSSR count). The Morgan fingerprint density at radius 2 is 1.32 bits per heavy atom. The highest BCUT2D eigenvalue weighted by atomic mass is 35.5. The summed E-state index contributed by atoms with van der Waals surface area (Å²) < 4.78 is 26.3. The fourth-order valence-corrected chi connectivity index (χ4v) is 2.84. The molecule has 0 spiro atoms. The van der Waals surface area contributed by atoms with E-state index in [4.69, 9.17) is 40.5 Å². The molecule has 1 aliphatic rings. The van der Waals surface area contributed by atoms with Gasteiger partial charge in [-0.15, -0.1) is 0 Å². The first-order valence-electron chi connectivity index (χ1n) is 8.22. The monoisotopic (exact) mass is 423 g/mol. The Morgan fingerprint density at radius 3 is 1.75 bits per heavy atom. The van der Waals surface area contributed by atoms with Crippen LogP contribution in [-0.4, -0.2) is 71.4 Å². The number of oxime groups is 1. The zero-order valence-corrected chi connectivity index (χ0v) is 16.5. The molecule has 12 heteroatoms. The fourth-order valence-electron chi connectivity index (χ4n) is 2.69. The summed E-state index contributed by atoms with van der Waals surface area (Å²) in [5.41, 5.74) is 0. The second kappa shape index (κ2) is 10.8. The van der Waals surface area contributed by atoms with Gasteiger partial charge in [0, 0.05) is 34.1 Å². The van der Waals surface area contributed by atoms with Crippen LogP contribution >= 0.6 is 11.6 Å². The summed E-state index contributed by atoms with van der Waals surface area (Å²) in [6.07, 6.45) is -6.12. The summed E-state index contributed by atoms with van der Waals surface area (Å²) in [5, 5.41) is 11.4. The number of esters is 4. The molecule has 1 saturated heterocycles. The fraction of sp³-hybridized carbons (Fsp3) is 0.688. The summed E-state index contributed by atoms with van der Waals surface area (Å²) in [5.74, 6) is -2.82. The third-order valence-corrected chi connectivity index (χ3v) is 3.80. The maximum absolute atomic E-state index is 11.6. The van der Waals surface area contributed by atoms with Crippen LogP contribution in [0.5, 0.6) is 0 Å². The van der Waals surface area contributed by atoms with Gasteiger partial charge in [0.25, 0.3) is 0 Å². The van der Waals surface area contributed by atoms with Gasteiger partial charge in [-0.2, -0.15) is 0 Å². The lowest BCUT2D eigenvalue weighted by Crippen LogP contribution is -2.62. The van der Waals surface area contributed by atoms with Crippen molar-refractivity contribution in [1.82, 2.24) is 0 Å². The Balaban J connectivity index is 3.32. The summed E-state index contributed by atoms with van der Waals surface area (Å²) in [6, 6.07) is 0. The van der Waals surface area contributed by atoms with Crippen LogP contribution in [0.4, 0.5) is 0 Å². The van der Waals surface area contributed by atoms with Gasteiger partial charge in [-0.05, 0) is 0 Å². The Bertz CT molecular complexity index is 637. The second-order valence-corrected chi connectivity index (χ2v) is 6.35. The lowest BCUT2D eigenvalue weighted by Gasteiger charge is -2.44. The van der Waals surface area contributed by atoms with Gasteiger partial charge in [0.1, 0.15) is 24.0 Å². The third kappa shape index (κ3) is 7.31. The molecule has 158 valence electrons. The molecule has 5 atom stereocenters. The van der Waals surface area contributed by atoms with Crippen molar-refractivity contribution in [3.8, 4) is 0 Å². The Hall–Kier alpha value is -2.40. The molecular formula is C16H22ClNO10. The number of nitrogens with zero attached hydrogens (tertiary/aromatic N) is 1. The van der Waals surface area contributed by atoms with Crippen molar-refractivity contribution in [2.75, 3.05) is 6.61 Å². The van der Waals surface area contributed by atoms with E-state index in [1.165, 1.54) is 6.92 Å². The molecular weight excluding hydrogens is 402 g/mol. The number of hydrogen-bond acceptors (Lipinski definition) is 11. The van der Waals surface area contributed by atoms with Gasteiger partial charge in [0.15, 0.2) is 18.3 Å². The van der Waals surface area contributed by atoms with E-state index in [9.17, 15) is 19.2 Å². The maximum atomic E-state index is 11.6. The van der Waals surface area contributed by atoms with Crippen molar-refractivity contribution >= 4 is 40.6 Å². The van der Waals surface area contributed by atoms with Crippen LogP contribution in [-0.2, 0) is 42.9 Å². The molecule has 1 aliphatic heterocycles. The minimum absolute atomic E-state index is 0.225. The lowest BCUT2D eigenvalue weighted by atomic mass is 9.92. The van der Waals surface area contributed by atoms with E-state index < -0.39 is 54.4 Å². The van der Waals surface area contributed by atoms with Crippen molar-refractivity contribution in [3.63, 3.8) is 0 Å². The van der Waals surface area contributed by atoms with Gasteiger partial charge in [-0.1, -0.05) is 16.8 Å². The van der Waals surface area contributed by atoms with E-state index in [1.807, 2.05) is 0 Å². The van der Waals surface area contributed by atoms with E-state index >= 15 is 0 Å². The smallest absolute Gasteiger partial charge is 0.303 e. The first-order chi connectivity index (χ1) is 13.0. The summed E-state index contributed by atoms with van der Waals surface area (Å²) in [6.45, 7) is 4.18. The van der Waals surface area contributed by atoms with Crippen LogP contribution < -0.4 is 0 Å². The zero-order chi connectivity index (χ0) is 21.4. The van der Waals surface area contributed by atoms with Crippen LogP contribution in [0.25, 0.3) is 0 Å². The average molecular weight is 424 g/mol. The minimum Gasteiger partial charge on any atom is -0.463 e. The number of hydrogen-bond donors (Lipinski definition) is 1. The summed E-state index contributed by atoms with van der Waals surface area (Å²) >= 11 is 5.75. The minimum atomic E-state index is -1.28. The van der Waals surface area contributed by atoms with Crippen molar-refractivity contribution < 1.29 is 48.1 Å². The van der Waals surface area contributed by atoms with Crippen molar-refractivity contribution in [2.45, 2.75) is 64.6 Å². The molecule has 0 radical (unpaired) electrons. The Kier molecular flexibility index (Phi) is 9.13. The van der Waals surface area contributed by atoms with Crippen molar-refractivity contribution in [2.24, 2.45) is 5.16 Å². The SMILES string of the molecule is CC(=O)OC[C@H]1O[C@H](C/C(Cl)=N/O)[C@H](OC(C)=O)[C@@H](OC(C)=O)[C@@H]1OC(C)=O. The Labute approximate surface area is 165 Å². The largest absolute Gasteiger partial charge is 0.463 e. The predicted octanol–water partition coefficient (Wildman–Crippen LogP) is 0.529. The van der Waals surface area contributed by atoms with Gasteiger partial charge >= 0.3 is 23.9 Å². The normalized spacial score (nSPS) is 27.5. The van der Waals surface area contributed by atoms with Crippen LogP contribution in [0.2, 0.25) is 0 Å². The molecule has 28 heavy (non-hydrogen) atoms. The predicted molar refractivity (Wildman–Crippen MR) is 91.6 cm³/mol. The number of carbonyl (C=O) groups is 4. The number of carbonyl (C=O) groups excluding carboxylic acids is 4. The van der Waals surface area contributed by atoms with E-state index in [2.05, 4.69) is 5.16 Å². The number of rotatable bonds is 7. The molecule has 1 heterocycles. The summed E-state index contributed by atoms with van der Waals surface area (Å²) in [4.78, 5) is 45.9. The molecule has 11 nitrogen and oxygen atoms in total. The highest BCUT2D eigenvalue weighted by Gasteiger charge is 2.52. The number of halogens is 1. The van der Waals surface area contributed by atoms with Gasteiger partial charge in [0.2, 0.25) is 0 Å². The van der Waals surface area contributed by atoms with Gasteiger partial charge in [-0.25, -0.2) is 0 Å². The molecule has 1 fully saturated rings. The molecule has 1 N–H and O–H groups in total. The molecule has 0 aromatic carbocycles.